The SMILES string of the molecule is C/C=C(\C=C/c1ccn[nH]1)Nc1nc(Nc2ccc(Cl)cc2)nc2ccsc12. The fraction of sp³-hybridized carbons (Fsp3) is 0.0500. The Morgan fingerprint density at radius 1 is 1.14 bits per heavy atom. The number of allylic oxidation sites excluding steroid dienone is 2. The van der Waals surface area contributed by atoms with Gasteiger partial charge in [-0.1, -0.05) is 17.7 Å². The fourth-order valence-corrected chi connectivity index (χ4v) is 3.45. The molecule has 3 aromatic heterocycles. The number of benzene rings is 1. The molecule has 8 heteroatoms. The van der Waals surface area contributed by atoms with Crippen LogP contribution in [0.4, 0.5) is 17.5 Å². The maximum atomic E-state index is 5.96. The van der Waals surface area contributed by atoms with Crippen LogP contribution in [-0.2, 0) is 0 Å². The molecule has 0 unspecified atom stereocenters. The van der Waals surface area contributed by atoms with Crippen molar-refractivity contribution in [2.75, 3.05) is 10.6 Å². The number of fused-ring (bicyclic) bond motifs is 1. The molecule has 0 amide bonds. The first-order chi connectivity index (χ1) is 13.7. The molecular formula is C20H17ClN6S. The molecule has 3 N–H and O–H groups in total. The molecule has 0 bridgehead atoms. The van der Waals surface area contributed by atoms with E-state index in [2.05, 4.69) is 30.8 Å². The lowest BCUT2D eigenvalue weighted by molar-refractivity contribution is 1.08. The summed E-state index contributed by atoms with van der Waals surface area (Å²) < 4.78 is 0.996. The Morgan fingerprint density at radius 3 is 2.75 bits per heavy atom. The number of hydrogen-bond donors (Lipinski definition) is 3. The summed E-state index contributed by atoms with van der Waals surface area (Å²) in [5.41, 5.74) is 3.60. The molecule has 0 saturated heterocycles. The van der Waals surface area contributed by atoms with Gasteiger partial charge in [0.05, 0.1) is 15.9 Å². The zero-order valence-electron chi connectivity index (χ0n) is 15.0. The number of hydrogen-bond acceptors (Lipinski definition) is 6. The van der Waals surface area contributed by atoms with E-state index in [0.29, 0.717) is 11.0 Å². The third-order valence-electron chi connectivity index (χ3n) is 3.94. The topological polar surface area (TPSA) is 78.5 Å². The summed E-state index contributed by atoms with van der Waals surface area (Å²) in [4.78, 5) is 9.27. The van der Waals surface area contributed by atoms with Crippen molar-refractivity contribution in [3.63, 3.8) is 0 Å². The second kappa shape index (κ2) is 8.24. The first-order valence-corrected chi connectivity index (χ1v) is 9.85. The highest BCUT2D eigenvalue weighted by molar-refractivity contribution is 7.17. The predicted octanol–water partition coefficient (Wildman–Crippen LogP) is 5.84. The number of H-pyrrole nitrogens is 1. The van der Waals surface area contributed by atoms with Crippen LogP contribution in [0.2, 0.25) is 5.02 Å². The van der Waals surface area contributed by atoms with Crippen LogP contribution in [0.1, 0.15) is 12.6 Å². The van der Waals surface area contributed by atoms with Crippen LogP contribution in [-0.4, -0.2) is 20.2 Å². The molecule has 28 heavy (non-hydrogen) atoms. The van der Waals surface area contributed by atoms with Crippen LogP contribution in [0.25, 0.3) is 16.3 Å². The quantitative estimate of drug-likeness (QED) is 0.349. The summed E-state index contributed by atoms with van der Waals surface area (Å²) in [6, 6.07) is 11.3. The zero-order valence-corrected chi connectivity index (χ0v) is 16.6. The molecule has 0 spiro atoms. The minimum Gasteiger partial charge on any atom is -0.339 e. The standard InChI is InChI=1S/C20H17ClN6S/c1-2-14(7-8-16-9-11-22-27-16)23-19-18-17(10-12-28-18)25-20(26-19)24-15-5-3-13(21)4-6-15/h2-12H,1H3,(H,22,27)(H2,23,24,25,26)/b8-7-,14-2+. The van der Waals surface area contributed by atoms with E-state index >= 15 is 0 Å². The van der Waals surface area contributed by atoms with Crippen LogP contribution in [0.3, 0.4) is 0 Å². The van der Waals surface area contributed by atoms with E-state index in [1.165, 1.54) is 0 Å². The van der Waals surface area contributed by atoms with E-state index in [9.17, 15) is 0 Å². The van der Waals surface area contributed by atoms with Gasteiger partial charge in [0, 0.05) is 22.6 Å². The number of anilines is 3. The van der Waals surface area contributed by atoms with Gasteiger partial charge >= 0.3 is 0 Å². The second-order valence-corrected chi connectivity index (χ2v) is 7.23. The predicted molar refractivity (Wildman–Crippen MR) is 117 cm³/mol. The van der Waals surface area contributed by atoms with Crippen molar-refractivity contribution >= 4 is 56.7 Å². The third kappa shape index (κ3) is 4.21. The van der Waals surface area contributed by atoms with Crippen LogP contribution < -0.4 is 10.6 Å². The molecule has 0 saturated carbocycles. The Kier molecular flexibility index (Phi) is 5.36. The average Bonchev–Trinajstić information content (AvgIpc) is 3.38. The van der Waals surface area contributed by atoms with Crippen molar-refractivity contribution in [3.05, 3.63) is 76.5 Å². The molecule has 0 aliphatic carbocycles. The fourth-order valence-electron chi connectivity index (χ4n) is 2.55. The molecule has 4 rings (SSSR count). The molecule has 0 atom stereocenters. The van der Waals surface area contributed by atoms with E-state index in [-0.39, 0.29) is 0 Å². The van der Waals surface area contributed by atoms with Gasteiger partial charge in [-0.15, -0.1) is 11.3 Å². The first kappa shape index (κ1) is 18.2. The van der Waals surface area contributed by atoms with Gasteiger partial charge in [-0.2, -0.15) is 10.1 Å². The molecule has 0 aliphatic rings. The van der Waals surface area contributed by atoms with E-state index in [1.54, 1.807) is 17.5 Å². The summed E-state index contributed by atoms with van der Waals surface area (Å²) in [7, 11) is 0. The number of nitrogens with one attached hydrogen (secondary N) is 3. The lowest BCUT2D eigenvalue weighted by atomic mass is 10.3. The minimum atomic E-state index is 0.517. The van der Waals surface area contributed by atoms with Crippen molar-refractivity contribution in [3.8, 4) is 0 Å². The highest BCUT2D eigenvalue weighted by Crippen LogP contribution is 2.29. The van der Waals surface area contributed by atoms with E-state index in [4.69, 9.17) is 11.6 Å². The van der Waals surface area contributed by atoms with Gasteiger partial charge in [0.2, 0.25) is 5.95 Å². The van der Waals surface area contributed by atoms with Crippen molar-refractivity contribution in [2.24, 2.45) is 0 Å². The Labute approximate surface area is 171 Å². The zero-order chi connectivity index (χ0) is 19.3. The van der Waals surface area contributed by atoms with E-state index < -0.39 is 0 Å². The molecule has 6 nitrogen and oxygen atoms in total. The van der Waals surface area contributed by atoms with E-state index in [1.807, 2.05) is 66.9 Å². The number of aromatic amines is 1. The van der Waals surface area contributed by atoms with Crippen LogP contribution in [0, 0.1) is 0 Å². The van der Waals surface area contributed by atoms with Crippen molar-refractivity contribution in [1.82, 2.24) is 20.2 Å². The summed E-state index contributed by atoms with van der Waals surface area (Å²) in [6.45, 7) is 1.97. The number of halogens is 1. The van der Waals surface area contributed by atoms with Crippen LogP contribution >= 0.6 is 22.9 Å². The van der Waals surface area contributed by atoms with Crippen molar-refractivity contribution in [1.29, 1.82) is 0 Å². The molecular weight excluding hydrogens is 392 g/mol. The average molecular weight is 409 g/mol. The monoisotopic (exact) mass is 408 g/mol. The van der Waals surface area contributed by atoms with Gasteiger partial charge in [-0.3, -0.25) is 5.10 Å². The highest BCUT2D eigenvalue weighted by Gasteiger charge is 2.10. The lowest BCUT2D eigenvalue weighted by Crippen LogP contribution is -2.03. The Bertz CT molecular complexity index is 1130. The van der Waals surface area contributed by atoms with E-state index in [0.717, 1.165) is 33.1 Å². The number of rotatable bonds is 6. The summed E-state index contributed by atoms with van der Waals surface area (Å²) in [5, 5.41) is 16.2. The summed E-state index contributed by atoms with van der Waals surface area (Å²) >= 11 is 7.56. The smallest absolute Gasteiger partial charge is 0.229 e. The molecule has 0 aliphatic heterocycles. The lowest BCUT2D eigenvalue weighted by Gasteiger charge is -2.10. The van der Waals surface area contributed by atoms with Crippen LogP contribution in [0.15, 0.2) is 65.8 Å². The number of aromatic nitrogens is 4. The molecule has 0 fully saturated rings. The second-order valence-electron chi connectivity index (χ2n) is 5.88. The van der Waals surface area contributed by atoms with Gasteiger partial charge in [0.15, 0.2) is 5.82 Å². The molecule has 1 aromatic carbocycles. The Hall–Kier alpha value is -3.16. The molecule has 3 heterocycles. The normalized spacial score (nSPS) is 12.0. The van der Waals surface area contributed by atoms with Gasteiger partial charge < -0.3 is 10.6 Å². The summed E-state index contributed by atoms with van der Waals surface area (Å²) in [6.07, 6.45) is 7.63. The van der Waals surface area contributed by atoms with Crippen molar-refractivity contribution in [2.45, 2.75) is 6.92 Å². The Morgan fingerprint density at radius 2 is 2.00 bits per heavy atom. The first-order valence-electron chi connectivity index (χ1n) is 8.60. The Balaban J connectivity index is 1.62. The minimum absolute atomic E-state index is 0.517. The number of nitrogens with zero attached hydrogens (tertiary/aromatic N) is 3. The summed E-state index contributed by atoms with van der Waals surface area (Å²) in [5.74, 6) is 1.27. The largest absolute Gasteiger partial charge is 0.339 e. The van der Waals surface area contributed by atoms with Gasteiger partial charge in [0.1, 0.15) is 0 Å². The van der Waals surface area contributed by atoms with Gasteiger partial charge in [0.25, 0.3) is 0 Å². The van der Waals surface area contributed by atoms with Gasteiger partial charge in [-0.05, 0) is 60.9 Å². The third-order valence-corrected chi connectivity index (χ3v) is 5.10. The molecule has 140 valence electrons. The maximum absolute atomic E-state index is 5.96. The highest BCUT2D eigenvalue weighted by atomic mass is 35.5. The molecule has 0 radical (unpaired) electrons. The van der Waals surface area contributed by atoms with Crippen LogP contribution in [0.5, 0.6) is 0 Å². The number of thiophene rings is 1. The molecule has 4 aromatic rings. The van der Waals surface area contributed by atoms with Gasteiger partial charge in [-0.25, -0.2) is 4.98 Å². The maximum Gasteiger partial charge on any atom is 0.229 e. The van der Waals surface area contributed by atoms with Crippen molar-refractivity contribution < 1.29 is 0 Å².